The van der Waals surface area contributed by atoms with Crippen molar-refractivity contribution in [2.45, 2.75) is 6.92 Å². The fourth-order valence-electron chi connectivity index (χ4n) is 2.56. The van der Waals surface area contributed by atoms with Crippen LogP contribution < -0.4 is 4.74 Å². The molecule has 0 fully saturated rings. The van der Waals surface area contributed by atoms with Gasteiger partial charge in [0.25, 0.3) is 0 Å². The minimum Gasteiger partial charge on any atom is -0.496 e. The van der Waals surface area contributed by atoms with Crippen molar-refractivity contribution in [2.75, 3.05) is 7.11 Å². The highest BCUT2D eigenvalue weighted by Gasteiger charge is 2.14. The topological polar surface area (TPSA) is 59.4 Å². The van der Waals surface area contributed by atoms with Crippen molar-refractivity contribution in [3.05, 3.63) is 58.6 Å². The van der Waals surface area contributed by atoms with Crippen molar-refractivity contribution in [1.29, 1.82) is 0 Å². The molecular formula is C18H14ClNO3. The molecule has 0 radical (unpaired) electrons. The summed E-state index contributed by atoms with van der Waals surface area (Å²) in [5, 5.41) is 10.5. The van der Waals surface area contributed by atoms with Gasteiger partial charge in [-0.25, -0.2) is 9.78 Å². The minimum absolute atomic E-state index is 0.181. The standard InChI is InChI=1S/C18H14ClNO3/c1-10-7-11(3-6-17(10)23-2)16-9-14(18(21)22)13-8-12(19)4-5-15(13)20-16/h3-9H,1-2H3,(H,21,22). The number of hydrogen-bond acceptors (Lipinski definition) is 3. The first-order valence-electron chi connectivity index (χ1n) is 6.98. The molecule has 0 atom stereocenters. The number of methoxy groups -OCH3 is 1. The van der Waals surface area contributed by atoms with Gasteiger partial charge in [0.15, 0.2) is 0 Å². The van der Waals surface area contributed by atoms with E-state index in [4.69, 9.17) is 16.3 Å². The molecule has 0 saturated heterocycles. The van der Waals surface area contributed by atoms with Crippen LogP contribution in [0, 0.1) is 6.92 Å². The van der Waals surface area contributed by atoms with Crippen LogP contribution in [0.4, 0.5) is 0 Å². The van der Waals surface area contributed by atoms with Crippen LogP contribution in [0.25, 0.3) is 22.2 Å². The number of aromatic carboxylic acids is 1. The van der Waals surface area contributed by atoms with Crippen molar-refractivity contribution in [3.8, 4) is 17.0 Å². The first kappa shape index (κ1) is 15.3. The van der Waals surface area contributed by atoms with Crippen LogP contribution in [0.2, 0.25) is 5.02 Å². The fourth-order valence-corrected chi connectivity index (χ4v) is 2.73. The average Bonchev–Trinajstić information content (AvgIpc) is 2.53. The lowest BCUT2D eigenvalue weighted by Crippen LogP contribution is -2.00. The summed E-state index contributed by atoms with van der Waals surface area (Å²) in [5.74, 6) is -0.231. The summed E-state index contributed by atoms with van der Waals surface area (Å²) in [4.78, 5) is 16.1. The van der Waals surface area contributed by atoms with E-state index in [9.17, 15) is 9.90 Å². The van der Waals surface area contributed by atoms with Crippen LogP contribution in [-0.4, -0.2) is 23.2 Å². The van der Waals surface area contributed by atoms with Gasteiger partial charge in [-0.15, -0.1) is 0 Å². The highest BCUT2D eigenvalue weighted by molar-refractivity contribution is 6.31. The number of ether oxygens (including phenoxy) is 1. The lowest BCUT2D eigenvalue weighted by Gasteiger charge is -2.10. The zero-order valence-corrected chi connectivity index (χ0v) is 13.4. The molecule has 1 N–H and O–H groups in total. The Morgan fingerprint density at radius 2 is 1.96 bits per heavy atom. The van der Waals surface area contributed by atoms with E-state index in [1.165, 1.54) is 0 Å². The largest absolute Gasteiger partial charge is 0.496 e. The molecule has 0 saturated carbocycles. The molecule has 5 heteroatoms. The van der Waals surface area contributed by atoms with E-state index in [2.05, 4.69) is 4.98 Å². The summed E-state index contributed by atoms with van der Waals surface area (Å²) >= 11 is 5.97. The fraction of sp³-hybridized carbons (Fsp3) is 0.111. The molecule has 0 bridgehead atoms. The smallest absolute Gasteiger partial charge is 0.336 e. The molecule has 0 amide bonds. The number of benzene rings is 2. The number of carbonyl (C=O) groups is 1. The number of hydrogen-bond donors (Lipinski definition) is 1. The van der Waals surface area contributed by atoms with Gasteiger partial charge in [-0.3, -0.25) is 0 Å². The zero-order chi connectivity index (χ0) is 16.6. The molecule has 116 valence electrons. The predicted molar refractivity (Wildman–Crippen MR) is 90.4 cm³/mol. The third-order valence-electron chi connectivity index (χ3n) is 3.69. The molecule has 1 heterocycles. The Morgan fingerprint density at radius 3 is 2.61 bits per heavy atom. The number of nitrogens with zero attached hydrogens (tertiary/aromatic N) is 1. The van der Waals surface area contributed by atoms with Crippen LogP contribution >= 0.6 is 11.6 Å². The average molecular weight is 328 g/mol. The Labute approximate surface area is 138 Å². The monoisotopic (exact) mass is 327 g/mol. The van der Waals surface area contributed by atoms with Gasteiger partial charge < -0.3 is 9.84 Å². The Kier molecular flexibility index (Phi) is 3.92. The number of fused-ring (bicyclic) bond motifs is 1. The van der Waals surface area contributed by atoms with Gasteiger partial charge in [0.2, 0.25) is 0 Å². The summed E-state index contributed by atoms with van der Waals surface area (Å²) in [7, 11) is 1.61. The molecule has 3 rings (SSSR count). The third-order valence-corrected chi connectivity index (χ3v) is 3.93. The summed E-state index contributed by atoms with van der Waals surface area (Å²) < 4.78 is 5.25. The van der Waals surface area contributed by atoms with Gasteiger partial charge in [-0.1, -0.05) is 11.6 Å². The molecule has 0 unspecified atom stereocenters. The van der Waals surface area contributed by atoms with Crippen LogP contribution in [0.5, 0.6) is 5.75 Å². The van der Waals surface area contributed by atoms with Crippen molar-refractivity contribution >= 4 is 28.5 Å². The van der Waals surface area contributed by atoms with E-state index in [-0.39, 0.29) is 5.56 Å². The van der Waals surface area contributed by atoms with Crippen LogP contribution in [-0.2, 0) is 0 Å². The van der Waals surface area contributed by atoms with Gasteiger partial charge in [0.1, 0.15) is 5.75 Å². The Hall–Kier alpha value is -2.59. The Bertz CT molecular complexity index is 922. The van der Waals surface area contributed by atoms with Crippen molar-refractivity contribution < 1.29 is 14.6 Å². The van der Waals surface area contributed by atoms with E-state index in [1.807, 2.05) is 25.1 Å². The second kappa shape index (κ2) is 5.89. The van der Waals surface area contributed by atoms with Crippen LogP contribution in [0.3, 0.4) is 0 Å². The van der Waals surface area contributed by atoms with Crippen molar-refractivity contribution in [3.63, 3.8) is 0 Å². The highest BCUT2D eigenvalue weighted by atomic mass is 35.5. The molecular weight excluding hydrogens is 314 g/mol. The number of aromatic nitrogens is 1. The molecule has 0 aliphatic carbocycles. The zero-order valence-electron chi connectivity index (χ0n) is 12.6. The molecule has 0 spiro atoms. The van der Waals surface area contributed by atoms with Crippen molar-refractivity contribution in [1.82, 2.24) is 4.98 Å². The number of rotatable bonds is 3. The van der Waals surface area contributed by atoms with Crippen molar-refractivity contribution in [2.24, 2.45) is 0 Å². The Balaban J connectivity index is 2.24. The second-order valence-electron chi connectivity index (χ2n) is 5.21. The summed E-state index contributed by atoms with van der Waals surface area (Å²) in [6.07, 6.45) is 0. The maximum absolute atomic E-state index is 11.6. The molecule has 2 aromatic carbocycles. The number of halogens is 1. The number of carboxylic acid groups (broad SMARTS) is 1. The van der Waals surface area contributed by atoms with E-state index >= 15 is 0 Å². The SMILES string of the molecule is COc1ccc(-c2cc(C(=O)O)c3cc(Cl)ccc3n2)cc1C. The molecule has 3 aromatic rings. The van der Waals surface area contributed by atoms with Gasteiger partial charge in [-0.05, 0) is 55.0 Å². The lowest BCUT2D eigenvalue weighted by atomic mass is 10.0. The van der Waals surface area contributed by atoms with Crippen LogP contribution in [0.15, 0.2) is 42.5 Å². The maximum Gasteiger partial charge on any atom is 0.336 e. The minimum atomic E-state index is -1.01. The van der Waals surface area contributed by atoms with Gasteiger partial charge in [-0.2, -0.15) is 0 Å². The molecule has 0 aliphatic rings. The molecule has 1 aromatic heterocycles. The van der Waals surface area contributed by atoms with Gasteiger partial charge in [0, 0.05) is 16.0 Å². The van der Waals surface area contributed by atoms with E-state index in [0.717, 1.165) is 16.9 Å². The number of carboxylic acids is 1. The highest BCUT2D eigenvalue weighted by Crippen LogP contribution is 2.29. The quantitative estimate of drug-likeness (QED) is 0.765. The number of pyridine rings is 1. The first-order valence-corrected chi connectivity index (χ1v) is 7.36. The number of aryl methyl sites for hydroxylation is 1. The maximum atomic E-state index is 11.6. The first-order chi connectivity index (χ1) is 11.0. The lowest BCUT2D eigenvalue weighted by molar-refractivity contribution is 0.0699. The predicted octanol–water partition coefficient (Wildman–Crippen LogP) is 4.57. The summed E-state index contributed by atoms with van der Waals surface area (Å²) in [6, 6.07) is 12.3. The van der Waals surface area contributed by atoms with E-state index < -0.39 is 5.97 Å². The summed E-state index contributed by atoms with van der Waals surface area (Å²) in [6.45, 7) is 1.93. The Morgan fingerprint density at radius 1 is 1.17 bits per heavy atom. The molecule has 23 heavy (non-hydrogen) atoms. The van der Waals surface area contributed by atoms with E-state index in [1.54, 1.807) is 31.4 Å². The van der Waals surface area contributed by atoms with E-state index in [0.29, 0.717) is 21.6 Å². The molecule has 4 nitrogen and oxygen atoms in total. The normalized spacial score (nSPS) is 10.7. The van der Waals surface area contributed by atoms with Gasteiger partial charge >= 0.3 is 5.97 Å². The van der Waals surface area contributed by atoms with Crippen LogP contribution in [0.1, 0.15) is 15.9 Å². The summed E-state index contributed by atoms with van der Waals surface area (Å²) in [5.41, 5.74) is 3.17. The van der Waals surface area contributed by atoms with Gasteiger partial charge in [0.05, 0.1) is 23.9 Å². The second-order valence-corrected chi connectivity index (χ2v) is 5.64. The third kappa shape index (κ3) is 2.85. The molecule has 0 aliphatic heterocycles.